The Morgan fingerprint density at radius 2 is 2.18 bits per heavy atom. The molecule has 0 bridgehead atoms. The maximum atomic E-state index is 4.77. The van der Waals surface area contributed by atoms with Gasteiger partial charge in [0.15, 0.2) is 0 Å². The van der Waals surface area contributed by atoms with Crippen molar-refractivity contribution in [2.75, 3.05) is 13.1 Å². The maximum absolute atomic E-state index is 4.77. The summed E-state index contributed by atoms with van der Waals surface area (Å²) in [5.41, 5.74) is 2.63. The van der Waals surface area contributed by atoms with Crippen LogP contribution in [0.3, 0.4) is 0 Å². The van der Waals surface area contributed by atoms with E-state index in [-0.39, 0.29) is 0 Å². The van der Waals surface area contributed by atoms with Crippen molar-refractivity contribution in [3.05, 3.63) is 52.0 Å². The van der Waals surface area contributed by atoms with Crippen LogP contribution in [0, 0.1) is 0 Å². The van der Waals surface area contributed by atoms with Gasteiger partial charge in [-0.2, -0.15) is 0 Å². The number of nitrogens with zero attached hydrogens (tertiary/aromatic N) is 1. The molecule has 2 aromatic rings. The molecule has 0 saturated carbocycles. The smallest absolute Gasteiger partial charge is 0.0972 e. The van der Waals surface area contributed by atoms with Crippen LogP contribution in [-0.2, 0) is 6.42 Å². The lowest BCUT2D eigenvalue weighted by molar-refractivity contribution is 0.737. The molecule has 0 radical (unpaired) electrons. The largest absolute Gasteiger partial charge is 0.316 e. The molecule has 17 heavy (non-hydrogen) atoms. The highest BCUT2D eigenvalue weighted by Crippen LogP contribution is 2.24. The van der Waals surface area contributed by atoms with Crippen molar-refractivity contribution < 1.29 is 0 Å². The summed E-state index contributed by atoms with van der Waals surface area (Å²) in [5, 5.41) is 6.86. The summed E-state index contributed by atoms with van der Waals surface area (Å²) in [6.07, 6.45) is 2.19. The summed E-state index contributed by atoms with van der Waals surface area (Å²) in [6.45, 7) is 2.23. The van der Waals surface area contributed by atoms with E-state index in [2.05, 4.69) is 41.0 Å². The lowest BCUT2D eigenvalue weighted by atomic mass is 10.1. The van der Waals surface area contributed by atoms with Crippen LogP contribution in [0.5, 0.6) is 0 Å². The third kappa shape index (κ3) is 2.56. The quantitative estimate of drug-likeness (QED) is 0.898. The minimum atomic E-state index is 0.635. The highest BCUT2D eigenvalue weighted by Gasteiger charge is 2.19. The molecule has 1 atom stereocenters. The molecule has 1 aliphatic heterocycles. The van der Waals surface area contributed by atoms with Crippen LogP contribution in [-0.4, -0.2) is 18.1 Å². The Morgan fingerprint density at radius 3 is 2.94 bits per heavy atom. The van der Waals surface area contributed by atoms with E-state index < -0.39 is 0 Å². The van der Waals surface area contributed by atoms with Crippen LogP contribution in [0.1, 0.15) is 28.6 Å². The van der Waals surface area contributed by atoms with Crippen molar-refractivity contribution >= 4 is 11.3 Å². The zero-order valence-electron chi connectivity index (χ0n) is 9.73. The molecule has 1 N–H and O–H groups in total. The number of thiazole rings is 1. The van der Waals surface area contributed by atoms with Crippen LogP contribution in [0.4, 0.5) is 0 Å². The van der Waals surface area contributed by atoms with Gasteiger partial charge in [-0.15, -0.1) is 11.3 Å². The first-order valence-corrected chi connectivity index (χ1v) is 6.99. The first kappa shape index (κ1) is 10.9. The first-order valence-electron chi connectivity index (χ1n) is 6.11. The normalized spacial score (nSPS) is 19.6. The van der Waals surface area contributed by atoms with Crippen molar-refractivity contribution in [2.24, 2.45) is 0 Å². The fraction of sp³-hybridized carbons (Fsp3) is 0.357. The van der Waals surface area contributed by atoms with Crippen molar-refractivity contribution in [2.45, 2.75) is 18.8 Å². The average Bonchev–Trinajstić information content (AvgIpc) is 3.00. The van der Waals surface area contributed by atoms with Crippen LogP contribution in [0.2, 0.25) is 0 Å². The van der Waals surface area contributed by atoms with Gasteiger partial charge in [0.1, 0.15) is 0 Å². The van der Waals surface area contributed by atoms with Gasteiger partial charge in [0, 0.05) is 24.3 Å². The number of hydrogen-bond donors (Lipinski definition) is 1. The van der Waals surface area contributed by atoms with Crippen LogP contribution >= 0.6 is 11.3 Å². The zero-order valence-corrected chi connectivity index (χ0v) is 10.5. The van der Waals surface area contributed by atoms with Gasteiger partial charge in [0.05, 0.1) is 10.7 Å². The summed E-state index contributed by atoms with van der Waals surface area (Å²) in [6, 6.07) is 10.6. The molecule has 0 spiro atoms. The van der Waals surface area contributed by atoms with E-state index >= 15 is 0 Å². The summed E-state index contributed by atoms with van der Waals surface area (Å²) in [4.78, 5) is 4.77. The van der Waals surface area contributed by atoms with Gasteiger partial charge >= 0.3 is 0 Å². The minimum absolute atomic E-state index is 0.635. The standard InChI is InChI=1S/C14H16N2S/c1-2-4-11(5-3-1)8-14-16-13(10-17-14)12-6-7-15-9-12/h1-5,10,12,15H,6-9H2. The first-order chi connectivity index (χ1) is 8.42. The Labute approximate surface area is 106 Å². The molecule has 2 nitrogen and oxygen atoms in total. The molecule has 1 saturated heterocycles. The number of aromatic nitrogens is 1. The van der Waals surface area contributed by atoms with Gasteiger partial charge < -0.3 is 5.32 Å². The molecular weight excluding hydrogens is 228 g/mol. The molecule has 0 aliphatic carbocycles. The second kappa shape index (κ2) is 4.98. The Bertz CT molecular complexity index is 472. The minimum Gasteiger partial charge on any atom is -0.316 e. The van der Waals surface area contributed by atoms with E-state index in [1.54, 1.807) is 11.3 Å². The van der Waals surface area contributed by atoms with E-state index in [0.717, 1.165) is 19.5 Å². The Kier molecular flexibility index (Phi) is 3.20. The number of benzene rings is 1. The molecular formula is C14H16N2S. The van der Waals surface area contributed by atoms with Crippen LogP contribution in [0.25, 0.3) is 0 Å². The molecule has 1 aromatic carbocycles. The topological polar surface area (TPSA) is 24.9 Å². The third-order valence-electron chi connectivity index (χ3n) is 3.25. The highest BCUT2D eigenvalue weighted by atomic mass is 32.1. The van der Waals surface area contributed by atoms with Crippen molar-refractivity contribution in [3.63, 3.8) is 0 Å². The van der Waals surface area contributed by atoms with Crippen molar-refractivity contribution in [3.8, 4) is 0 Å². The van der Waals surface area contributed by atoms with Crippen LogP contribution < -0.4 is 5.32 Å². The second-order valence-electron chi connectivity index (χ2n) is 4.52. The van der Waals surface area contributed by atoms with E-state index in [4.69, 9.17) is 4.98 Å². The van der Waals surface area contributed by atoms with Crippen LogP contribution in [0.15, 0.2) is 35.7 Å². The van der Waals surface area contributed by atoms with Gasteiger partial charge in [-0.25, -0.2) is 4.98 Å². The van der Waals surface area contributed by atoms with E-state index in [1.165, 1.54) is 22.7 Å². The Morgan fingerprint density at radius 1 is 1.29 bits per heavy atom. The molecule has 3 rings (SSSR count). The van der Waals surface area contributed by atoms with Gasteiger partial charge in [0.2, 0.25) is 0 Å². The molecule has 1 fully saturated rings. The zero-order chi connectivity index (χ0) is 11.5. The van der Waals surface area contributed by atoms with Gasteiger partial charge in [-0.3, -0.25) is 0 Å². The second-order valence-corrected chi connectivity index (χ2v) is 5.46. The SMILES string of the molecule is c1ccc(Cc2nc(C3CCNC3)cs2)cc1. The molecule has 3 heteroatoms. The molecule has 1 aromatic heterocycles. The fourth-order valence-corrected chi connectivity index (χ4v) is 3.18. The van der Waals surface area contributed by atoms with E-state index in [9.17, 15) is 0 Å². The Hall–Kier alpha value is -1.19. The lowest BCUT2D eigenvalue weighted by Crippen LogP contribution is -2.08. The summed E-state index contributed by atoms with van der Waals surface area (Å²) in [7, 11) is 0. The third-order valence-corrected chi connectivity index (χ3v) is 4.11. The maximum Gasteiger partial charge on any atom is 0.0972 e. The van der Waals surface area contributed by atoms with E-state index in [1.807, 2.05) is 0 Å². The molecule has 2 heterocycles. The molecule has 88 valence electrons. The number of nitrogens with one attached hydrogen (secondary N) is 1. The average molecular weight is 244 g/mol. The van der Waals surface area contributed by atoms with Gasteiger partial charge in [-0.05, 0) is 18.5 Å². The lowest BCUT2D eigenvalue weighted by Gasteiger charge is -2.02. The summed E-state index contributed by atoms with van der Waals surface area (Å²) >= 11 is 1.79. The molecule has 0 amide bonds. The predicted molar refractivity (Wildman–Crippen MR) is 71.6 cm³/mol. The summed E-state index contributed by atoms with van der Waals surface area (Å²) < 4.78 is 0. The van der Waals surface area contributed by atoms with E-state index in [0.29, 0.717) is 5.92 Å². The monoisotopic (exact) mass is 244 g/mol. The summed E-state index contributed by atoms with van der Waals surface area (Å²) in [5.74, 6) is 0.635. The van der Waals surface area contributed by atoms with Crippen molar-refractivity contribution in [1.29, 1.82) is 0 Å². The highest BCUT2D eigenvalue weighted by molar-refractivity contribution is 7.09. The number of rotatable bonds is 3. The number of hydrogen-bond acceptors (Lipinski definition) is 3. The van der Waals surface area contributed by atoms with Gasteiger partial charge in [0.25, 0.3) is 0 Å². The Balaban J connectivity index is 1.72. The fourth-order valence-electron chi connectivity index (χ4n) is 2.27. The molecule has 1 unspecified atom stereocenters. The van der Waals surface area contributed by atoms with Crippen molar-refractivity contribution in [1.82, 2.24) is 10.3 Å². The van der Waals surface area contributed by atoms with Gasteiger partial charge in [-0.1, -0.05) is 30.3 Å². The molecule has 1 aliphatic rings. The predicted octanol–water partition coefficient (Wildman–Crippen LogP) is 2.81.